The summed E-state index contributed by atoms with van der Waals surface area (Å²) in [5.74, 6) is 0.770. The maximum atomic E-state index is 10.8. The van der Waals surface area contributed by atoms with Crippen LogP contribution in [0.25, 0.3) is 0 Å². The fourth-order valence-electron chi connectivity index (χ4n) is 2.23. The quantitative estimate of drug-likeness (QED) is 0.407. The zero-order valence-electron chi connectivity index (χ0n) is 15.7. The van der Waals surface area contributed by atoms with Crippen molar-refractivity contribution in [2.24, 2.45) is 4.99 Å². The van der Waals surface area contributed by atoms with Gasteiger partial charge < -0.3 is 16.0 Å². The monoisotopic (exact) mass is 332 g/mol. The molecule has 0 aliphatic carbocycles. The topological polar surface area (TPSA) is 65.5 Å². The summed E-state index contributed by atoms with van der Waals surface area (Å²) in [5.41, 5.74) is 2.83. The van der Waals surface area contributed by atoms with E-state index in [1.807, 2.05) is 6.92 Å². The maximum Gasteiger partial charge on any atom is 0.216 e. The molecule has 5 heteroatoms. The van der Waals surface area contributed by atoms with Crippen LogP contribution >= 0.6 is 0 Å². The first kappa shape index (κ1) is 20.0. The van der Waals surface area contributed by atoms with Crippen LogP contribution < -0.4 is 16.0 Å². The molecular weight excluding hydrogens is 300 g/mol. The molecule has 0 fully saturated rings. The summed E-state index contributed by atoms with van der Waals surface area (Å²) in [7, 11) is 0. The number of hydrogen-bond acceptors (Lipinski definition) is 2. The molecule has 0 spiro atoms. The molecule has 3 N–H and O–H groups in total. The van der Waals surface area contributed by atoms with Gasteiger partial charge in [0.05, 0.1) is 0 Å². The van der Waals surface area contributed by atoms with Gasteiger partial charge in [-0.1, -0.05) is 45.0 Å². The van der Waals surface area contributed by atoms with Gasteiger partial charge >= 0.3 is 0 Å². The third-order valence-corrected chi connectivity index (χ3v) is 3.63. The summed E-state index contributed by atoms with van der Waals surface area (Å²) in [6.07, 6.45) is 0.909. The number of aliphatic imine (C=N–C) groups is 1. The second-order valence-electron chi connectivity index (χ2n) is 6.87. The molecule has 0 saturated heterocycles. The number of amides is 1. The number of nitrogens with zero attached hydrogens (tertiary/aromatic N) is 1. The van der Waals surface area contributed by atoms with Crippen molar-refractivity contribution >= 4 is 11.9 Å². The molecule has 0 bridgehead atoms. The van der Waals surface area contributed by atoms with Crippen LogP contribution in [0.3, 0.4) is 0 Å². The Labute approximate surface area is 146 Å². The number of carbonyl (C=O) groups excluding carboxylic acids is 1. The molecule has 1 aromatic rings. The smallest absolute Gasteiger partial charge is 0.216 e. The highest BCUT2D eigenvalue weighted by Gasteiger charge is 2.12. The van der Waals surface area contributed by atoms with E-state index >= 15 is 0 Å². The molecule has 1 rings (SSSR count). The summed E-state index contributed by atoms with van der Waals surface area (Å²) in [4.78, 5) is 15.4. The summed E-state index contributed by atoms with van der Waals surface area (Å²) in [6, 6.07) is 8.78. The summed E-state index contributed by atoms with van der Waals surface area (Å²) < 4.78 is 0. The Bertz CT molecular complexity index is 529. The number of carbonyl (C=O) groups is 1. The van der Waals surface area contributed by atoms with E-state index in [2.05, 4.69) is 66.0 Å². The molecule has 1 amide bonds. The van der Waals surface area contributed by atoms with Gasteiger partial charge in [-0.3, -0.25) is 9.79 Å². The van der Waals surface area contributed by atoms with E-state index in [1.165, 1.54) is 18.1 Å². The van der Waals surface area contributed by atoms with E-state index in [9.17, 15) is 4.79 Å². The molecule has 0 saturated carbocycles. The lowest BCUT2D eigenvalue weighted by Crippen LogP contribution is -2.41. The van der Waals surface area contributed by atoms with Gasteiger partial charge in [-0.15, -0.1) is 0 Å². The lowest BCUT2D eigenvalue weighted by molar-refractivity contribution is -0.118. The number of hydrogen-bond donors (Lipinski definition) is 3. The second kappa shape index (κ2) is 9.96. The summed E-state index contributed by atoms with van der Waals surface area (Å²) >= 11 is 0. The van der Waals surface area contributed by atoms with E-state index in [0.29, 0.717) is 13.1 Å². The largest absolute Gasteiger partial charge is 0.357 e. The molecule has 0 heterocycles. The van der Waals surface area contributed by atoms with Gasteiger partial charge in [0.2, 0.25) is 5.91 Å². The minimum Gasteiger partial charge on any atom is -0.357 e. The van der Waals surface area contributed by atoms with Crippen molar-refractivity contribution in [2.75, 3.05) is 26.2 Å². The predicted octanol–water partition coefficient (Wildman–Crippen LogP) is 2.22. The Morgan fingerprint density at radius 2 is 1.67 bits per heavy atom. The highest BCUT2D eigenvalue weighted by molar-refractivity contribution is 5.79. The molecule has 134 valence electrons. The number of guanidine groups is 1. The highest BCUT2D eigenvalue weighted by Crippen LogP contribution is 2.22. The number of nitrogens with one attached hydrogen (secondary N) is 3. The first-order valence-electron chi connectivity index (χ1n) is 8.69. The Kier molecular flexibility index (Phi) is 8.30. The molecule has 1 aromatic carbocycles. The van der Waals surface area contributed by atoms with Crippen molar-refractivity contribution in [3.05, 3.63) is 35.4 Å². The Hall–Kier alpha value is -2.04. The molecule has 0 radical (unpaired) electrons. The van der Waals surface area contributed by atoms with Crippen LogP contribution in [-0.4, -0.2) is 38.0 Å². The minimum absolute atomic E-state index is 0.0163. The second-order valence-corrected chi connectivity index (χ2v) is 6.87. The summed E-state index contributed by atoms with van der Waals surface area (Å²) in [5, 5.41) is 9.19. The Balaban J connectivity index is 2.47. The zero-order chi connectivity index (χ0) is 18.0. The minimum atomic E-state index is -0.0163. The highest BCUT2D eigenvalue weighted by atomic mass is 16.1. The van der Waals surface area contributed by atoms with Gasteiger partial charge in [0.15, 0.2) is 5.96 Å². The van der Waals surface area contributed by atoms with Gasteiger partial charge in [-0.05, 0) is 29.9 Å². The summed E-state index contributed by atoms with van der Waals surface area (Å²) in [6.45, 7) is 13.0. The molecule has 5 nitrogen and oxygen atoms in total. The van der Waals surface area contributed by atoms with E-state index < -0.39 is 0 Å². The number of rotatable bonds is 7. The van der Waals surface area contributed by atoms with Crippen LogP contribution in [0, 0.1) is 0 Å². The maximum absolute atomic E-state index is 10.8. The van der Waals surface area contributed by atoms with Gasteiger partial charge in [0.25, 0.3) is 0 Å². The van der Waals surface area contributed by atoms with Crippen molar-refractivity contribution in [3.63, 3.8) is 0 Å². The molecule has 0 aliphatic heterocycles. The van der Waals surface area contributed by atoms with Crippen LogP contribution in [0.2, 0.25) is 0 Å². The van der Waals surface area contributed by atoms with E-state index in [4.69, 9.17) is 0 Å². The molecule has 24 heavy (non-hydrogen) atoms. The van der Waals surface area contributed by atoms with Crippen molar-refractivity contribution in [1.82, 2.24) is 16.0 Å². The number of benzene rings is 1. The Morgan fingerprint density at radius 3 is 2.21 bits per heavy atom. The van der Waals surface area contributed by atoms with Crippen LogP contribution in [-0.2, 0) is 16.6 Å². The molecular formula is C19H32N4O. The third kappa shape index (κ3) is 7.99. The van der Waals surface area contributed by atoms with Crippen LogP contribution in [0.5, 0.6) is 0 Å². The fourth-order valence-corrected chi connectivity index (χ4v) is 2.23. The average Bonchev–Trinajstić information content (AvgIpc) is 2.51. The van der Waals surface area contributed by atoms with E-state index in [1.54, 1.807) is 0 Å². The Morgan fingerprint density at radius 1 is 1.04 bits per heavy atom. The molecule has 0 aromatic heterocycles. The van der Waals surface area contributed by atoms with Crippen molar-refractivity contribution in [1.29, 1.82) is 0 Å². The van der Waals surface area contributed by atoms with E-state index in [0.717, 1.165) is 25.5 Å². The first-order valence-corrected chi connectivity index (χ1v) is 8.69. The van der Waals surface area contributed by atoms with Gasteiger partial charge in [-0.25, -0.2) is 0 Å². The van der Waals surface area contributed by atoms with Gasteiger partial charge in [0.1, 0.15) is 0 Å². The lowest BCUT2D eigenvalue weighted by atomic mass is 9.86. The van der Waals surface area contributed by atoms with E-state index in [-0.39, 0.29) is 11.3 Å². The van der Waals surface area contributed by atoms with Gasteiger partial charge in [0, 0.05) is 33.1 Å². The van der Waals surface area contributed by atoms with Crippen molar-refractivity contribution < 1.29 is 4.79 Å². The average molecular weight is 332 g/mol. The SMILES string of the molecule is CCNC(=NCCc1ccc(C(C)(C)C)cc1)NCCNC(C)=O. The van der Waals surface area contributed by atoms with Crippen LogP contribution in [0.4, 0.5) is 0 Å². The van der Waals surface area contributed by atoms with Crippen LogP contribution in [0.15, 0.2) is 29.3 Å². The lowest BCUT2D eigenvalue weighted by Gasteiger charge is -2.19. The van der Waals surface area contributed by atoms with Crippen LogP contribution in [0.1, 0.15) is 45.7 Å². The molecule has 0 atom stereocenters. The molecule has 0 aliphatic rings. The predicted molar refractivity (Wildman–Crippen MR) is 102 cm³/mol. The third-order valence-electron chi connectivity index (χ3n) is 3.63. The standard InChI is InChI=1S/C19H32N4O/c1-6-20-18(23-14-13-21-15(2)24)22-12-11-16-7-9-17(10-8-16)19(3,4)5/h7-10H,6,11-14H2,1-5H3,(H,21,24)(H2,20,22,23). The zero-order valence-corrected chi connectivity index (χ0v) is 15.7. The normalized spacial score (nSPS) is 12.0. The van der Waals surface area contributed by atoms with Gasteiger partial charge in [-0.2, -0.15) is 0 Å². The van der Waals surface area contributed by atoms with Crippen molar-refractivity contribution in [2.45, 2.75) is 46.5 Å². The first-order chi connectivity index (χ1) is 11.3. The van der Waals surface area contributed by atoms with Crippen molar-refractivity contribution in [3.8, 4) is 0 Å². The fraction of sp³-hybridized carbons (Fsp3) is 0.579. The molecule has 0 unspecified atom stereocenters.